The first-order chi connectivity index (χ1) is 16.9. The molecule has 10 nitrogen and oxygen atoms in total. The molecule has 0 atom stereocenters. The van der Waals surface area contributed by atoms with Crippen molar-refractivity contribution in [3.05, 3.63) is 105 Å². The number of nitro benzene ring substituents is 1. The van der Waals surface area contributed by atoms with Crippen LogP contribution in [0.25, 0.3) is 26.5 Å². The first kappa shape index (κ1) is 22.0. The van der Waals surface area contributed by atoms with Crippen molar-refractivity contribution in [3.8, 4) is 16.3 Å². The van der Waals surface area contributed by atoms with Crippen LogP contribution >= 0.6 is 11.3 Å². The van der Waals surface area contributed by atoms with Gasteiger partial charge in [-0.2, -0.15) is 5.10 Å². The van der Waals surface area contributed by atoms with Crippen LogP contribution in [0.4, 0.5) is 11.5 Å². The SMILES string of the molecule is Cc1cc(=O)c(C(=O)Nc2ccc(-c3nc4ccccc4s3)cn2)nn1-c1ccccc1[N+](=O)[O-]. The number of nitrogens with one attached hydrogen (secondary N) is 1. The average molecular weight is 484 g/mol. The fraction of sp³-hybridized carbons (Fsp3) is 0.0417. The highest BCUT2D eigenvalue weighted by Gasteiger charge is 2.20. The molecule has 11 heteroatoms. The molecule has 1 amide bonds. The van der Waals surface area contributed by atoms with Gasteiger partial charge in [0, 0.05) is 29.6 Å². The second-order valence-corrected chi connectivity index (χ2v) is 8.56. The minimum atomic E-state index is -0.775. The maximum Gasteiger partial charge on any atom is 0.294 e. The number of pyridine rings is 1. The third-order valence-corrected chi connectivity index (χ3v) is 6.26. The first-order valence-electron chi connectivity index (χ1n) is 10.4. The van der Waals surface area contributed by atoms with Crippen LogP contribution in [-0.4, -0.2) is 30.6 Å². The molecule has 0 fully saturated rings. The topological polar surface area (TPSA) is 133 Å². The smallest absolute Gasteiger partial charge is 0.294 e. The Morgan fingerprint density at radius 3 is 2.60 bits per heavy atom. The lowest BCUT2D eigenvalue weighted by Crippen LogP contribution is -2.27. The molecule has 3 aromatic heterocycles. The summed E-state index contributed by atoms with van der Waals surface area (Å²) in [5.41, 5.74) is 0.945. The van der Waals surface area contributed by atoms with Gasteiger partial charge in [-0.3, -0.25) is 19.7 Å². The Kier molecular flexibility index (Phi) is 5.59. The normalized spacial score (nSPS) is 10.9. The minimum absolute atomic E-state index is 0.141. The molecule has 0 radical (unpaired) electrons. The van der Waals surface area contributed by atoms with Gasteiger partial charge in [0.2, 0.25) is 5.43 Å². The lowest BCUT2D eigenvalue weighted by atomic mass is 10.2. The molecule has 0 unspecified atom stereocenters. The van der Waals surface area contributed by atoms with Crippen LogP contribution in [0.2, 0.25) is 0 Å². The van der Waals surface area contributed by atoms with Crippen LogP contribution in [0.15, 0.2) is 77.7 Å². The standard InChI is InChI=1S/C24H16N6O4S/c1-14-12-19(31)22(28-29(14)17-7-3-4-8-18(17)30(33)34)23(32)27-21-11-10-15(13-25-21)24-26-16-6-2-5-9-20(16)35-24/h2-13H,1H3,(H,25,27,32). The van der Waals surface area contributed by atoms with Crippen molar-refractivity contribution in [2.24, 2.45) is 0 Å². The molecule has 0 aliphatic rings. The molecular weight excluding hydrogens is 468 g/mol. The van der Waals surface area contributed by atoms with E-state index in [1.807, 2.05) is 24.3 Å². The molecule has 5 rings (SSSR count). The van der Waals surface area contributed by atoms with E-state index in [0.717, 1.165) is 20.8 Å². The van der Waals surface area contributed by atoms with Crippen LogP contribution in [-0.2, 0) is 0 Å². The van der Waals surface area contributed by atoms with E-state index in [1.54, 1.807) is 31.3 Å². The zero-order valence-corrected chi connectivity index (χ0v) is 19.0. The molecule has 0 spiro atoms. The summed E-state index contributed by atoms with van der Waals surface area (Å²) in [6.07, 6.45) is 1.58. The van der Waals surface area contributed by atoms with Gasteiger partial charge in [-0.25, -0.2) is 14.6 Å². The predicted octanol–water partition coefficient (Wildman–Crippen LogP) is 4.37. The average Bonchev–Trinajstić information content (AvgIpc) is 3.29. The fourth-order valence-corrected chi connectivity index (χ4v) is 4.47. The van der Waals surface area contributed by atoms with Crippen molar-refractivity contribution in [2.45, 2.75) is 6.92 Å². The fourth-order valence-electron chi connectivity index (χ4n) is 3.51. The summed E-state index contributed by atoms with van der Waals surface area (Å²) in [4.78, 5) is 45.1. The molecule has 3 heterocycles. The van der Waals surface area contributed by atoms with Crippen LogP contribution in [0, 0.1) is 17.0 Å². The van der Waals surface area contributed by atoms with E-state index in [1.165, 1.54) is 40.3 Å². The van der Waals surface area contributed by atoms with Crippen molar-refractivity contribution in [2.75, 3.05) is 5.32 Å². The van der Waals surface area contributed by atoms with Gasteiger partial charge in [-0.1, -0.05) is 24.3 Å². The second kappa shape index (κ2) is 8.88. The Balaban J connectivity index is 1.42. The maximum absolute atomic E-state index is 12.8. The maximum atomic E-state index is 12.8. The molecule has 0 aliphatic carbocycles. The van der Waals surface area contributed by atoms with Gasteiger partial charge in [0.15, 0.2) is 5.69 Å². The largest absolute Gasteiger partial charge is 0.305 e. The zero-order chi connectivity index (χ0) is 24.5. The number of rotatable bonds is 5. The molecular formula is C24H16N6O4S. The molecule has 0 aliphatic heterocycles. The van der Waals surface area contributed by atoms with Gasteiger partial charge in [-0.15, -0.1) is 11.3 Å². The number of amides is 1. The number of thiazole rings is 1. The van der Waals surface area contributed by atoms with E-state index in [4.69, 9.17) is 0 Å². The highest BCUT2D eigenvalue weighted by molar-refractivity contribution is 7.21. The molecule has 2 aromatic carbocycles. The number of carbonyl (C=O) groups is 1. The number of hydrogen-bond acceptors (Lipinski definition) is 8. The van der Waals surface area contributed by atoms with Crippen molar-refractivity contribution < 1.29 is 9.72 Å². The second-order valence-electron chi connectivity index (χ2n) is 7.53. The number of fused-ring (bicyclic) bond motifs is 1. The number of para-hydroxylation sites is 3. The van der Waals surface area contributed by atoms with Crippen molar-refractivity contribution in [1.29, 1.82) is 0 Å². The molecule has 0 saturated heterocycles. The van der Waals surface area contributed by atoms with Crippen LogP contribution in [0.5, 0.6) is 0 Å². The number of nitrogens with zero attached hydrogens (tertiary/aromatic N) is 5. The van der Waals surface area contributed by atoms with Gasteiger partial charge in [0.1, 0.15) is 16.5 Å². The minimum Gasteiger partial charge on any atom is -0.305 e. The van der Waals surface area contributed by atoms with E-state index in [9.17, 15) is 19.7 Å². The molecule has 5 aromatic rings. The van der Waals surface area contributed by atoms with E-state index in [-0.39, 0.29) is 17.2 Å². The van der Waals surface area contributed by atoms with Gasteiger partial charge in [-0.05, 0) is 37.3 Å². The van der Waals surface area contributed by atoms with Crippen molar-refractivity contribution in [1.82, 2.24) is 19.7 Å². The first-order valence-corrected chi connectivity index (χ1v) is 11.2. The number of carbonyl (C=O) groups excluding carboxylic acids is 1. The van der Waals surface area contributed by atoms with Gasteiger partial charge < -0.3 is 5.32 Å². The molecule has 0 saturated carbocycles. The Morgan fingerprint density at radius 2 is 1.86 bits per heavy atom. The summed E-state index contributed by atoms with van der Waals surface area (Å²) < 4.78 is 2.26. The number of nitro groups is 1. The summed E-state index contributed by atoms with van der Waals surface area (Å²) in [7, 11) is 0. The molecule has 1 N–H and O–H groups in total. The van der Waals surface area contributed by atoms with Gasteiger partial charge in [0.25, 0.3) is 11.6 Å². The van der Waals surface area contributed by atoms with Crippen molar-refractivity contribution in [3.63, 3.8) is 0 Å². The highest BCUT2D eigenvalue weighted by Crippen LogP contribution is 2.30. The highest BCUT2D eigenvalue weighted by atomic mass is 32.1. The van der Waals surface area contributed by atoms with Gasteiger partial charge in [0.05, 0.1) is 15.1 Å². The number of aromatic nitrogens is 4. The summed E-state index contributed by atoms with van der Waals surface area (Å²) in [6, 6.07) is 18.3. The lowest BCUT2D eigenvalue weighted by molar-refractivity contribution is -0.384. The summed E-state index contributed by atoms with van der Waals surface area (Å²) in [6.45, 7) is 1.58. The van der Waals surface area contributed by atoms with Crippen LogP contribution in [0.1, 0.15) is 16.2 Å². The van der Waals surface area contributed by atoms with Crippen molar-refractivity contribution >= 4 is 39.0 Å². The number of aryl methyl sites for hydroxylation is 1. The number of benzene rings is 2. The zero-order valence-electron chi connectivity index (χ0n) is 18.2. The number of anilines is 1. The Bertz CT molecular complexity index is 1630. The number of hydrogen-bond donors (Lipinski definition) is 1. The summed E-state index contributed by atoms with van der Waals surface area (Å²) in [5.74, 6) is -0.554. The van der Waals surface area contributed by atoms with E-state index >= 15 is 0 Å². The van der Waals surface area contributed by atoms with Crippen LogP contribution in [0.3, 0.4) is 0 Å². The molecule has 35 heavy (non-hydrogen) atoms. The quantitative estimate of drug-likeness (QED) is 0.289. The van der Waals surface area contributed by atoms with E-state index in [2.05, 4.69) is 20.4 Å². The van der Waals surface area contributed by atoms with E-state index < -0.39 is 22.0 Å². The van der Waals surface area contributed by atoms with Crippen LogP contribution < -0.4 is 10.7 Å². The summed E-state index contributed by atoms with van der Waals surface area (Å²) in [5, 5.41) is 18.9. The third-order valence-electron chi connectivity index (χ3n) is 5.18. The Morgan fingerprint density at radius 1 is 1.09 bits per heavy atom. The van der Waals surface area contributed by atoms with Gasteiger partial charge >= 0.3 is 0 Å². The van der Waals surface area contributed by atoms with E-state index in [0.29, 0.717) is 5.69 Å². The lowest BCUT2D eigenvalue weighted by Gasteiger charge is -2.11. The third kappa shape index (κ3) is 4.27. The Hall–Kier alpha value is -4.77. The Labute approximate surface area is 201 Å². The molecule has 172 valence electrons. The monoisotopic (exact) mass is 484 g/mol. The summed E-state index contributed by atoms with van der Waals surface area (Å²) >= 11 is 1.53. The predicted molar refractivity (Wildman–Crippen MR) is 132 cm³/mol. The molecule has 0 bridgehead atoms.